The first-order valence-electron chi connectivity index (χ1n) is 5.31. The van der Waals surface area contributed by atoms with E-state index >= 15 is 0 Å². The second-order valence-corrected chi connectivity index (χ2v) is 4.78. The van der Waals surface area contributed by atoms with Crippen LogP contribution in [0.5, 0.6) is 0 Å². The molecule has 2 rings (SSSR count). The van der Waals surface area contributed by atoms with E-state index in [4.69, 9.17) is 5.21 Å². The van der Waals surface area contributed by atoms with Gasteiger partial charge in [0.2, 0.25) is 12.3 Å². The first kappa shape index (κ1) is 11.8. The van der Waals surface area contributed by atoms with Gasteiger partial charge in [0.05, 0.1) is 4.88 Å². The van der Waals surface area contributed by atoms with Crippen molar-refractivity contribution in [1.29, 1.82) is 0 Å². The van der Waals surface area contributed by atoms with Crippen LogP contribution in [-0.2, 0) is 0 Å². The van der Waals surface area contributed by atoms with Gasteiger partial charge < -0.3 is 10.4 Å². The Morgan fingerprint density at radius 3 is 3.18 bits per heavy atom. The Morgan fingerprint density at radius 1 is 1.71 bits per heavy atom. The number of hydrogen-bond donors (Lipinski definition) is 1. The summed E-state index contributed by atoms with van der Waals surface area (Å²) < 4.78 is 0.601. The van der Waals surface area contributed by atoms with Gasteiger partial charge in [0.15, 0.2) is 0 Å². The topological polar surface area (TPSA) is 75.7 Å². The molecule has 1 atom stereocenters. The highest BCUT2D eigenvalue weighted by Crippen LogP contribution is 2.18. The molecule has 1 aliphatic rings. The lowest BCUT2D eigenvalue weighted by Gasteiger charge is -2.10. The van der Waals surface area contributed by atoms with Crippen LogP contribution in [-0.4, -0.2) is 33.7 Å². The van der Waals surface area contributed by atoms with Crippen molar-refractivity contribution in [3.8, 4) is 0 Å². The molecule has 0 radical (unpaired) electrons. The minimum atomic E-state index is -0.496. The van der Waals surface area contributed by atoms with Gasteiger partial charge in [0, 0.05) is 6.42 Å². The molecule has 1 aromatic rings. The van der Waals surface area contributed by atoms with Crippen LogP contribution in [0.3, 0.4) is 0 Å². The number of thiophene rings is 1. The van der Waals surface area contributed by atoms with Crippen LogP contribution < -0.4 is 0 Å². The highest BCUT2D eigenvalue weighted by atomic mass is 32.1. The molecule has 5 nitrogen and oxygen atoms in total. The van der Waals surface area contributed by atoms with Gasteiger partial charge >= 0.3 is 0 Å². The third kappa shape index (κ3) is 2.52. The van der Waals surface area contributed by atoms with E-state index < -0.39 is 6.04 Å². The lowest BCUT2D eigenvalue weighted by molar-refractivity contribution is -0.474. The number of hydroxylamine groups is 1. The molecule has 90 valence electrons. The van der Waals surface area contributed by atoms with Gasteiger partial charge in [-0.15, -0.1) is 11.3 Å². The van der Waals surface area contributed by atoms with Gasteiger partial charge in [0.25, 0.3) is 5.78 Å². The molecule has 17 heavy (non-hydrogen) atoms. The molecule has 1 aliphatic carbocycles. The second kappa shape index (κ2) is 5.09. The molecular weight excluding hydrogens is 240 g/mol. The fourth-order valence-corrected chi connectivity index (χ4v) is 2.52. The molecule has 1 fully saturated rings. The monoisotopic (exact) mass is 252 g/mol. The number of nitrogens with zero attached hydrogens (tertiary/aromatic N) is 2. The molecule has 0 bridgehead atoms. The number of hydrogen-bond acceptors (Lipinski definition) is 5. The molecule has 1 heterocycles. The van der Waals surface area contributed by atoms with E-state index in [0.717, 1.165) is 12.6 Å². The third-order valence-electron chi connectivity index (χ3n) is 2.74. The standard InChI is InChI=1S/C11H12N2O3S/c14-10(11-5-2-6-17-11)7-13(16)9-4-1-3-8(9)12-15/h2,5-7,9,15H,1,3-4H2/b12-8-,13-7-. The van der Waals surface area contributed by atoms with Crippen molar-refractivity contribution in [3.63, 3.8) is 0 Å². The zero-order chi connectivity index (χ0) is 12.3. The number of carbonyl (C=O) groups is 1. The van der Waals surface area contributed by atoms with Crippen LogP contribution in [0.4, 0.5) is 0 Å². The number of oxime groups is 1. The van der Waals surface area contributed by atoms with Gasteiger partial charge in [-0.25, -0.2) is 0 Å². The summed E-state index contributed by atoms with van der Waals surface area (Å²) in [5.41, 5.74) is 0.454. The second-order valence-electron chi connectivity index (χ2n) is 3.83. The summed E-state index contributed by atoms with van der Waals surface area (Å²) in [6, 6.07) is 2.94. The minimum absolute atomic E-state index is 0.306. The Kier molecular flexibility index (Phi) is 3.53. The lowest BCUT2D eigenvalue weighted by atomic mass is 10.2. The summed E-state index contributed by atoms with van der Waals surface area (Å²) in [4.78, 5) is 12.2. The van der Waals surface area contributed by atoms with Crippen molar-refractivity contribution in [2.45, 2.75) is 25.3 Å². The SMILES string of the molecule is O=C(/C=[N+](\[O-])C1CCC/C1=N/O)c1cccs1. The van der Waals surface area contributed by atoms with Crippen molar-refractivity contribution < 1.29 is 14.7 Å². The van der Waals surface area contributed by atoms with E-state index in [1.165, 1.54) is 11.3 Å². The summed E-state index contributed by atoms with van der Waals surface area (Å²) in [5, 5.41) is 25.4. The summed E-state index contributed by atoms with van der Waals surface area (Å²) in [6.45, 7) is 0. The van der Waals surface area contributed by atoms with Crippen LogP contribution >= 0.6 is 11.3 Å². The van der Waals surface area contributed by atoms with Gasteiger partial charge in [-0.05, 0) is 24.3 Å². The Morgan fingerprint density at radius 2 is 2.53 bits per heavy atom. The highest BCUT2D eigenvalue weighted by molar-refractivity contribution is 7.12. The van der Waals surface area contributed by atoms with Crippen molar-refractivity contribution in [3.05, 3.63) is 27.6 Å². The maximum Gasteiger partial charge on any atom is 0.259 e. The van der Waals surface area contributed by atoms with E-state index in [1.54, 1.807) is 17.5 Å². The Balaban J connectivity index is 2.14. The molecule has 6 heteroatoms. The average Bonchev–Trinajstić information content (AvgIpc) is 2.99. The quantitative estimate of drug-likeness (QED) is 0.223. The summed E-state index contributed by atoms with van der Waals surface area (Å²) in [7, 11) is 0. The van der Waals surface area contributed by atoms with Crippen molar-refractivity contribution in [2.24, 2.45) is 5.16 Å². The number of ketones is 1. The molecule has 1 unspecified atom stereocenters. The number of Topliss-reactive ketones (excluding diaryl/α,β-unsaturated/α-hetero) is 1. The molecule has 0 amide bonds. The summed E-state index contributed by atoms with van der Waals surface area (Å²) in [5.74, 6) is -0.306. The third-order valence-corrected chi connectivity index (χ3v) is 3.62. The molecular formula is C11H12N2O3S. The largest absolute Gasteiger partial charge is 0.623 e. The van der Waals surface area contributed by atoms with Crippen molar-refractivity contribution in [1.82, 2.24) is 0 Å². The van der Waals surface area contributed by atoms with Crippen LogP contribution in [0, 0.1) is 5.21 Å². The Labute approximate surface area is 102 Å². The van der Waals surface area contributed by atoms with E-state index in [2.05, 4.69) is 5.16 Å². The van der Waals surface area contributed by atoms with Gasteiger partial charge in [-0.2, -0.15) is 4.74 Å². The summed E-state index contributed by atoms with van der Waals surface area (Å²) >= 11 is 1.30. The molecule has 0 aromatic carbocycles. The smallest absolute Gasteiger partial charge is 0.259 e. The van der Waals surface area contributed by atoms with Gasteiger partial charge in [-0.1, -0.05) is 11.2 Å². The van der Waals surface area contributed by atoms with E-state index in [1.807, 2.05) is 0 Å². The summed E-state index contributed by atoms with van der Waals surface area (Å²) in [6.07, 6.45) is 3.08. The van der Waals surface area contributed by atoms with Crippen LogP contribution in [0.2, 0.25) is 0 Å². The van der Waals surface area contributed by atoms with Crippen molar-refractivity contribution >= 4 is 29.0 Å². The Bertz CT molecular complexity index is 465. The van der Waals surface area contributed by atoms with Gasteiger partial charge in [-0.3, -0.25) is 4.79 Å². The molecule has 1 aromatic heterocycles. The van der Waals surface area contributed by atoms with E-state index in [0.29, 0.717) is 28.2 Å². The minimum Gasteiger partial charge on any atom is -0.623 e. The maximum atomic E-state index is 11.8. The van der Waals surface area contributed by atoms with Crippen LogP contribution in [0.1, 0.15) is 28.9 Å². The zero-order valence-corrected chi connectivity index (χ0v) is 9.89. The number of rotatable bonds is 3. The molecule has 0 saturated heterocycles. The molecule has 1 N–H and O–H groups in total. The molecule has 0 spiro atoms. The lowest BCUT2D eigenvalue weighted by Crippen LogP contribution is -2.28. The van der Waals surface area contributed by atoms with Crippen LogP contribution in [0.25, 0.3) is 0 Å². The van der Waals surface area contributed by atoms with Crippen molar-refractivity contribution in [2.75, 3.05) is 0 Å². The number of carbonyl (C=O) groups excluding carboxylic acids is 1. The predicted octanol–water partition coefficient (Wildman–Crippen LogP) is 1.89. The predicted molar refractivity (Wildman–Crippen MR) is 65.2 cm³/mol. The highest BCUT2D eigenvalue weighted by Gasteiger charge is 2.30. The molecule has 1 saturated carbocycles. The first-order chi connectivity index (χ1) is 8.22. The Hall–Kier alpha value is -1.69. The van der Waals surface area contributed by atoms with Gasteiger partial charge in [0.1, 0.15) is 5.71 Å². The fraction of sp³-hybridized carbons (Fsp3) is 0.364. The molecule has 0 aliphatic heterocycles. The normalized spacial score (nSPS) is 23.2. The van der Waals surface area contributed by atoms with E-state index in [-0.39, 0.29) is 5.78 Å². The first-order valence-corrected chi connectivity index (χ1v) is 6.19. The average molecular weight is 252 g/mol. The maximum absolute atomic E-state index is 11.8. The fourth-order valence-electron chi connectivity index (χ4n) is 1.89. The zero-order valence-electron chi connectivity index (χ0n) is 9.07. The van der Waals surface area contributed by atoms with E-state index in [9.17, 15) is 10.0 Å². The van der Waals surface area contributed by atoms with Crippen LogP contribution in [0.15, 0.2) is 22.7 Å².